The van der Waals surface area contributed by atoms with Gasteiger partial charge in [0, 0.05) is 64.1 Å². The van der Waals surface area contributed by atoms with Crippen molar-refractivity contribution in [1.29, 1.82) is 0 Å². The number of hydrogen-bond donors (Lipinski definition) is 0. The van der Waals surface area contributed by atoms with Crippen LogP contribution in [0.1, 0.15) is 24.8 Å². The molecule has 4 rings (SSSR count). The van der Waals surface area contributed by atoms with Crippen LogP contribution >= 0.6 is 0 Å². The molecule has 0 aliphatic carbocycles. The molecular formula is C25H32N4O3. The van der Waals surface area contributed by atoms with Crippen LogP contribution in [0.5, 0.6) is 5.75 Å². The fraction of sp³-hybridized carbons (Fsp3) is 0.480. The fourth-order valence-corrected chi connectivity index (χ4v) is 4.44. The van der Waals surface area contributed by atoms with Gasteiger partial charge >= 0.3 is 0 Å². The van der Waals surface area contributed by atoms with E-state index in [1.165, 1.54) is 5.56 Å². The standard InChI is InChI=1S/C25H32N4O3/c30-24(10-19-32-23-4-2-1-3-5-23)28-13-8-22(9-14-28)25(31)29-17-15-27(16-18-29)20-21-6-11-26-12-7-21/h1-7,11-12,22H,8-10,13-20H2. The van der Waals surface area contributed by atoms with E-state index in [4.69, 9.17) is 4.74 Å². The van der Waals surface area contributed by atoms with Gasteiger partial charge in [-0.15, -0.1) is 0 Å². The third-order valence-electron chi connectivity index (χ3n) is 6.36. The number of likely N-dealkylation sites (tertiary alicyclic amines) is 1. The summed E-state index contributed by atoms with van der Waals surface area (Å²) in [6.07, 6.45) is 5.51. The second-order valence-electron chi connectivity index (χ2n) is 8.52. The molecule has 0 spiro atoms. The van der Waals surface area contributed by atoms with Gasteiger partial charge in [0.15, 0.2) is 0 Å². The Morgan fingerprint density at radius 2 is 1.56 bits per heavy atom. The summed E-state index contributed by atoms with van der Waals surface area (Å²) in [5.41, 5.74) is 1.26. The summed E-state index contributed by atoms with van der Waals surface area (Å²) in [7, 11) is 0. The number of carbonyl (C=O) groups is 2. The molecule has 2 fully saturated rings. The lowest BCUT2D eigenvalue weighted by Gasteiger charge is -2.38. The number of pyridine rings is 1. The van der Waals surface area contributed by atoms with Gasteiger partial charge in [-0.1, -0.05) is 18.2 Å². The van der Waals surface area contributed by atoms with Crippen molar-refractivity contribution in [3.05, 3.63) is 60.4 Å². The third kappa shape index (κ3) is 6.07. The molecule has 0 unspecified atom stereocenters. The van der Waals surface area contributed by atoms with E-state index in [-0.39, 0.29) is 17.7 Å². The number of benzene rings is 1. The first kappa shape index (κ1) is 22.3. The normalized spacial score (nSPS) is 17.9. The fourth-order valence-electron chi connectivity index (χ4n) is 4.44. The Morgan fingerprint density at radius 1 is 0.875 bits per heavy atom. The summed E-state index contributed by atoms with van der Waals surface area (Å²) >= 11 is 0. The highest BCUT2D eigenvalue weighted by atomic mass is 16.5. The first-order chi connectivity index (χ1) is 15.7. The second kappa shape index (κ2) is 11.1. The number of para-hydroxylation sites is 1. The molecule has 0 atom stereocenters. The molecule has 2 aliphatic rings. The maximum Gasteiger partial charge on any atom is 0.225 e. The largest absolute Gasteiger partial charge is 0.493 e. The number of piperidine rings is 1. The number of hydrogen-bond acceptors (Lipinski definition) is 5. The zero-order chi connectivity index (χ0) is 22.2. The Morgan fingerprint density at radius 3 is 2.25 bits per heavy atom. The van der Waals surface area contributed by atoms with Crippen molar-refractivity contribution >= 4 is 11.8 Å². The number of piperazine rings is 1. The highest BCUT2D eigenvalue weighted by molar-refractivity contribution is 5.80. The summed E-state index contributed by atoms with van der Waals surface area (Å²) < 4.78 is 5.64. The average molecular weight is 437 g/mol. The Hall–Kier alpha value is -2.93. The SMILES string of the molecule is O=C(CCOc1ccccc1)N1CCC(C(=O)N2CCN(Cc3ccncc3)CC2)CC1. The van der Waals surface area contributed by atoms with Crippen molar-refractivity contribution < 1.29 is 14.3 Å². The molecule has 2 aliphatic heterocycles. The van der Waals surface area contributed by atoms with Crippen molar-refractivity contribution in [3.8, 4) is 5.75 Å². The molecule has 0 N–H and O–H groups in total. The lowest BCUT2D eigenvalue weighted by atomic mass is 9.94. The molecule has 0 radical (unpaired) electrons. The van der Waals surface area contributed by atoms with E-state index in [2.05, 4.69) is 9.88 Å². The maximum atomic E-state index is 13.0. The smallest absolute Gasteiger partial charge is 0.225 e. The highest BCUT2D eigenvalue weighted by Crippen LogP contribution is 2.21. The van der Waals surface area contributed by atoms with Crippen molar-refractivity contribution in [1.82, 2.24) is 19.7 Å². The van der Waals surface area contributed by atoms with Gasteiger partial charge in [-0.3, -0.25) is 19.5 Å². The molecule has 1 aromatic heterocycles. The van der Waals surface area contributed by atoms with E-state index in [0.29, 0.717) is 26.1 Å². The molecule has 7 heteroatoms. The Kier molecular flexibility index (Phi) is 7.72. The molecule has 170 valence electrons. The van der Waals surface area contributed by atoms with Crippen LogP contribution in [-0.4, -0.2) is 77.4 Å². The molecular weight excluding hydrogens is 404 g/mol. The van der Waals surface area contributed by atoms with Gasteiger partial charge in [-0.2, -0.15) is 0 Å². The first-order valence-corrected chi connectivity index (χ1v) is 11.5. The molecule has 0 bridgehead atoms. The predicted molar refractivity (Wildman–Crippen MR) is 122 cm³/mol. The van der Waals surface area contributed by atoms with Gasteiger partial charge in [0.1, 0.15) is 5.75 Å². The Labute approximate surface area is 190 Å². The van der Waals surface area contributed by atoms with Gasteiger partial charge in [0.2, 0.25) is 11.8 Å². The zero-order valence-corrected chi connectivity index (χ0v) is 18.6. The topological polar surface area (TPSA) is 66.0 Å². The number of ether oxygens (including phenoxy) is 1. The van der Waals surface area contributed by atoms with E-state index in [0.717, 1.165) is 51.3 Å². The van der Waals surface area contributed by atoms with Crippen LogP contribution in [0.15, 0.2) is 54.9 Å². The van der Waals surface area contributed by atoms with Crippen molar-refractivity contribution in [2.45, 2.75) is 25.8 Å². The second-order valence-corrected chi connectivity index (χ2v) is 8.52. The first-order valence-electron chi connectivity index (χ1n) is 11.5. The van der Waals surface area contributed by atoms with Gasteiger partial charge in [-0.25, -0.2) is 0 Å². The third-order valence-corrected chi connectivity index (χ3v) is 6.36. The number of carbonyl (C=O) groups excluding carboxylic acids is 2. The van der Waals surface area contributed by atoms with Gasteiger partial charge < -0.3 is 14.5 Å². The quantitative estimate of drug-likeness (QED) is 0.667. The minimum atomic E-state index is 0.0337. The average Bonchev–Trinajstić information content (AvgIpc) is 2.85. The lowest BCUT2D eigenvalue weighted by Crippen LogP contribution is -2.51. The molecule has 1 aromatic carbocycles. The molecule has 3 heterocycles. The summed E-state index contributed by atoms with van der Waals surface area (Å²) in [5.74, 6) is 1.18. The lowest BCUT2D eigenvalue weighted by molar-refractivity contribution is -0.142. The van der Waals surface area contributed by atoms with E-state index in [9.17, 15) is 9.59 Å². The van der Waals surface area contributed by atoms with Crippen LogP contribution in [0.3, 0.4) is 0 Å². The minimum absolute atomic E-state index is 0.0337. The molecule has 2 aromatic rings. The minimum Gasteiger partial charge on any atom is -0.493 e. The van der Waals surface area contributed by atoms with Crippen LogP contribution in [-0.2, 0) is 16.1 Å². The molecule has 2 saturated heterocycles. The van der Waals surface area contributed by atoms with Crippen LogP contribution in [0.4, 0.5) is 0 Å². The van der Waals surface area contributed by atoms with Crippen molar-refractivity contribution in [3.63, 3.8) is 0 Å². The highest BCUT2D eigenvalue weighted by Gasteiger charge is 2.31. The maximum absolute atomic E-state index is 13.0. The molecule has 0 saturated carbocycles. The summed E-state index contributed by atoms with van der Waals surface area (Å²) in [4.78, 5) is 35.8. The van der Waals surface area contributed by atoms with E-state index >= 15 is 0 Å². The summed E-state index contributed by atoms with van der Waals surface area (Å²) in [5, 5.41) is 0. The van der Waals surface area contributed by atoms with Crippen LogP contribution < -0.4 is 4.74 Å². The zero-order valence-electron chi connectivity index (χ0n) is 18.6. The van der Waals surface area contributed by atoms with Crippen LogP contribution in [0.2, 0.25) is 0 Å². The molecule has 7 nitrogen and oxygen atoms in total. The predicted octanol–water partition coefficient (Wildman–Crippen LogP) is 2.43. The van der Waals surface area contributed by atoms with Gasteiger partial charge in [0.25, 0.3) is 0 Å². The summed E-state index contributed by atoms with van der Waals surface area (Å²) in [6.45, 7) is 5.94. The van der Waals surface area contributed by atoms with Crippen molar-refractivity contribution in [2.75, 3.05) is 45.9 Å². The number of amides is 2. The summed E-state index contributed by atoms with van der Waals surface area (Å²) in [6, 6.07) is 13.6. The van der Waals surface area contributed by atoms with E-state index in [1.807, 2.05) is 64.7 Å². The van der Waals surface area contributed by atoms with Gasteiger partial charge in [0.05, 0.1) is 13.0 Å². The number of aromatic nitrogens is 1. The molecule has 32 heavy (non-hydrogen) atoms. The number of rotatable bonds is 7. The van der Waals surface area contributed by atoms with Crippen LogP contribution in [0, 0.1) is 5.92 Å². The Bertz CT molecular complexity index is 861. The molecule has 2 amide bonds. The van der Waals surface area contributed by atoms with Crippen LogP contribution in [0.25, 0.3) is 0 Å². The van der Waals surface area contributed by atoms with Gasteiger partial charge in [-0.05, 0) is 42.7 Å². The Balaban J connectivity index is 1.15. The van der Waals surface area contributed by atoms with E-state index in [1.54, 1.807) is 0 Å². The van der Waals surface area contributed by atoms with E-state index < -0.39 is 0 Å². The number of nitrogens with zero attached hydrogens (tertiary/aromatic N) is 4. The monoisotopic (exact) mass is 436 g/mol. The van der Waals surface area contributed by atoms with Crippen molar-refractivity contribution in [2.24, 2.45) is 5.92 Å².